The lowest BCUT2D eigenvalue weighted by Crippen LogP contribution is -2.30. The molecule has 0 bridgehead atoms. The molecule has 0 aromatic heterocycles. The fourth-order valence-electron chi connectivity index (χ4n) is 2.44. The van der Waals surface area contributed by atoms with Crippen molar-refractivity contribution in [3.05, 3.63) is 58.4 Å². The Morgan fingerprint density at radius 2 is 2.12 bits per heavy atom. The second kappa shape index (κ2) is 9.49. The number of carbonyl (C=O) groups is 1. The lowest BCUT2D eigenvalue weighted by molar-refractivity contribution is -0.132. The van der Waals surface area contributed by atoms with Gasteiger partial charge in [-0.2, -0.15) is 0 Å². The van der Waals surface area contributed by atoms with Crippen molar-refractivity contribution in [2.75, 3.05) is 32.6 Å². The van der Waals surface area contributed by atoms with Crippen LogP contribution in [-0.4, -0.2) is 48.5 Å². The molecule has 0 atom stereocenters. The number of methoxy groups -OCH3 is 1. The number of carboxylic acids is 1. The van der Waals surface area contributed by atoms with Gasteiger partial charge in [-0.1, -0.05) is 18.2 Å². The maximum absolute atomic E-state index is 12.9. The van der Waals surface area contributed by atoms with Gasteiger partial charge in [0.15, 0.2) is 0 Å². The van der Waals surface area contributed by atoms with Crippen LogP contribution in [0.15, 0.2) is 47.0 Å². The Morgan fingerprint density at radius 1 is 1.38 bits per heavy atom. The minimum Gasteiger partial charge on any atom is -0.478 e. The first-order valence-corrected chi connectivity index (χ1v) is 8.85. The first-order valence-electron chi connectivity index (χ1n) is 7.87. The molecule has 0 spiro atoms. The molecule has 1 aromatic rings. The highest BCUT2D eigenvalue weighted by Gasteiger charge is 2.21. The van der Waals surface area contributed by atoms with E-state index in [1.165, 1.54) is 12.1 Å². The highest BCUT2D eigenvalue weighted by atomic mass is 32.2. The van der Waals surface area contributed by atoms with E-state index in [2.05, 4.69) is 0 Å². The number of rotatable bonds is 9. The Labute approximate surface area is 146 Å². The highest BCUT2D eigenvalue weighted by Crippen LogP contribution is 2.29. The Bertz CT molecular complexity index is 613. The SMILES string of the molecule is COCCN1CC=CC(C(=O)O)=C1SCCCc1ccc(F)cc1. The van der Waals surface area contributed by atoms with Crippen molar-refractivity contribution >= 4 is 17.7 Å². The summed E-state index contributed by atoms with van der Waals surface area (Å²) in [4.78, 5) is 13.5. The zero-order valence-electron chi connectivity index (χ0n) is 13.7. The number of ether oxygens (including phenoxy) is 1. The molecular formula is C18H22FNO3S. The van der Waals surface area contributed by atoms with Crippen molar-refractivity contribution in [3.8, 4) is 0 Å². The van der Waals surface area contributed by atoms with Crippen LogP contribution in [0.3, 0.4) is 0 Å². The van der Waals surface area contributed by atoms with Gasteiger partial charge in [0.05, 0.1) is 17.2 Å². The lowest BCUT2D eigenvalue weighted by Gasteiger charge is -2.29. The Balaban J connectivity index is 1.93. The maximum atomic E-state index is 12.9. The van der Waals surface area contributed by atoms with Gasteiger partial charge >= 0.3 is 5.97 Å². The van der Waals surface area contributed by atoms with Crippen molar-refractivity contribution < 1.29 is 19.0 Å². The van der Waals surface area contributed by atoms with E-state index in [1.54, 1.807) is 37.1 Å². The van der Waals surface area contributed by atoms with Gasteiger partial charge in [0.2, 0.25) is 0 Å². The van der Waals surface area contributed by atoms with Crippen molar-refractivity contribution in [2.24, 2.45) is 0 Å². The summed E-state index contributed by atoms with van der Waals surface area (Å²) in [6.07, 6.45) is 5.28. The van der Waals surface area contributed by atoms with E-state index in [-0.39, 0.29) is 5.82 Å². The number of halogens is 1. The summed E-state index contributed by atoms with van der Waals surface area (Å²) >= 11 is 1.56. The molecule has 2 rings (SSSR count). The number of hydrogen-bond acceptors (Lipinski definition) is 4. The van der Waals surface area contributed by atoms with Crippen molar-refractivity contribution in [3.63, 3.8) is 0 Å². The quantitative estimate of drug-likeness (QED) is 0.692. The Hall–Kier alpha value is -1.79. The van der Waals surface area contributed by atoms with Crippen LogP contribution in [0.5, 0.6) is 0 Å². The van der Waals surface area contributed by atoms with E-state index in [4.69, 9.17) is 4.74 Å². The van der Waals surface area contributed by atoms with Crippen LogP contribution in [0.2, 0.25) is 0 Å². The summed E-state index contributed by atoms with van der Waals surface area (Å²) in [5, 5.41) is 10.2. The van der Waals surface area contributed by atoms with Gasteiger partial charge in [-0.15, -0.1) is 11.8 Å². The number of benzene rings is 1. The number of aryl methyl sites for hydroxylation is 1. The molecule has 0 radical (unpaired) electrons. The smallest absolute Gasteiger partial charge is 0.338 e. The van der Waals surface area contributed by atoms with Gasteiger partial charge in [0, 0.05) is 20.2 Å². The number of nitrogens with zero attached hydrogens (tertiary/aromatic N) is 1. The molecule has 0 aliphatic carbocycles. The lowest BCUT2D eigenvalue weighted by atomic mass is 10.1. The summed E-state index contributed by atoms with van der Waals surface area (Å²) in [5.74, 6) is -0.331. The molecule has 1 aliphatic rings. The summed E-state index contributed by atoms with van der Waals surface area (Å²) in [6, 6.07) is 6.50. The second-order valence-corrected chi connectivity index (χ2v) is 6.53. The zero-order valence-corrected chi connectivity index (χ0v) is 14.5. The standard InChI is InChI=1S/C18H22FNO3S/c1-23-12-11-20-10-2-5-16(18(21)22)17(20)24-13-3-4-14-6-8-15(19)9-7-14/h2,5-9H,3-4,10-13H2,1H3,(H,21,22). The van der Waals surface area contributed by atoms with Gasteiger partial charge in [-0.3, -0.25) is 0 Å². The topological polar surface area (TPSA) is 49.8 Å². The fourth-order valence-corrected chi connectivity index (χ4v) is 3.59. The molecule has 1 heterocycles. The average molecular weight is 351 g/mol. The minimum absolute atomic E-state index is 0.229. The number of carboxylic acid groups (broad SMARTS) is 1. The van der Waals surface area contributed by atoms with E-state index < -0.39 is 5.97 Å². The van der Waals surface area contributed by atoms with E-state index in [0.717, 1.165) is 29.2 Å². The zero-order chi connectivity index (χ0) is 17.4. The van der Waals surface area contributed by atoms with Crippen LogP contribution < -0.4 is 0 Å². The molecular weight excluding hydrogens is 329 g/mol. The molecule has 0 fully saturated rings. The van der Waals surface area contributed by atoms with Gasteiger partial charge in [0.25, 0.3) is 0 Å². The van der Waals surface area contributed by atoms with Crippen molar-refractivity contribution in [2.45, 2.75) is 12.8 Å². The predicted octanol–water partition coefficient (Wildman–Crippen LogP) is 3.31. The van der Waals surface area contributed by atoms with E-state index in [9.17, 15) is 14.3 Å². The molecule has 0 saturated carbocycles. The second-order valence-electron chi connectivity index (χ2n) is 5.44. The summed E-state index contributed by atoms with van der Waals surface area (Å²) in [6.45, 7) is 1.92. The Morgan fingerprint density at radius 3 is 2.79 bits per heavy atom. The van der Waals surface area contributed by atoms with E-state index in [0.29, 0.717) is 25.3 Å². The summed E-state index contributed by atoms with van der Waals surface area (Å²) in [7, 11) is 1.64. The molecule has 1 aromatic carbocycles. The van der Waals surface area contributed by atoms with Gasteiger partial charge in [-0.25, -0.2) is 9.18 Å². The molecule has 0 saturated heterocycles. The number of thioether (sulfide) groups is 1. The van der Waals surface area contributed by atoms with Gasteiger partial charge in [-0.05, 0) is 42.4 Å². The van der Waals surface area contributed by atoms with Gasteiger partial charge in [0.1, 0.15) is 5.82 Å². The van der Waals surface area contributed by atoms with Crippen LogP contribution in [0.4, 0.5) is 4.39 Å². The number of hydrogen-bond donors (Lipinski definition) is 1. The molecule has 4 nitrogen and oxygen atoms in total. The molecule has 0 unspecified atom stereocenters. The van der Waals surface area contributed by atoms with Gasteiger partial charge < -0.3 is 14.7 Å². The fraction of sp³-hybridized carbons (Fsp3) is 0.389. The van der Waals surface area contributed by atoms with Crippen LogP contribution in [-0.2, 0) is 16.0 Å². The third kappa shape index (κ3) is 5.39. The molecule has 1 aliphatic heterocycles. The van der Waals surface area contributed by atoms with Crippen molar-refractivity contribution in [1.29, 1.82) is 0 Å². The largest absolute Gasteiger partial charge is 0.478 e. The van der Waals surface area contributed by atoms with Crippen molar-refractivity contribution in [1.82, 2.24) is 4.90 Å². The molecule has 1 N–H and O–H groups in total. The Kier molecular flexibility index (Phi) is 7.34. The average Bonchev–Trinajstić information content (AvgIpc) is 2.58. The predicted molar refractivity (Wildman–Crippen MR) is 94.4 cm³/mol. The van der Waals surface area contributed by atoms with E-state index >= 15 is 0 Å². The molecule has 6 heteroatoms. The third-order valence-electron chi connectivity index (χ3n) is 3.69. The molecule has 0 amide bonds. The monoisotopic (exact) mass is 351 g/mol. The maximum Gasteiger partial charge on any atom is 0.338 e. The van der Waals surface area contributed by atoms with Crippen LogP contribution in [0, 0.1) is 5.82 Å². The van der Waals surface area contributed by atoms with Crippen LogP contribution in [0.25, 0.3) is 0 Å². The first kappa shape index (κ1) is 18.5. The summed E-state index contributed by atoms with van der Waals surface area (Å²) in [5.41, 5.74) is 1.42. The third-order valence-corrected chi connectivity index (χ3v) is 4.93. The molecule has 24 heavy (non-hydrogen) atoms. The van der Waals surface area contributed by atoms with E-state index in [1.807, 2.05) is 11.0 Å². The minimum atomic E-state index is -0.908. The van der Waals surface area contributed by atoms with Crippen LogP contribution in [0.1, 0.15) is 12.0 Å². The van der Waals surface area contributed by atoms with Crippen LogP contribution >= 0.6 is 11.8 Å². The number of aliphatic carboxylic acids is 1. The normalized spacial score (nSPS) is 14.3. The summed E-state index contributed by atoms with van der Waals surface area (Å²) < 4.78 is 18.0. The molecule has 130 valence electrons. The highest BCUT2D eigenvalue weighted by molar-refractivity contribution is 8.03. The first-order chi connectivity index (χ1) is 11.6.